The molecular weight excluding hydrogens is 310 g/mol. The molecule has 0 aliphatic heterocycles. The molecule has 0 radical (unpaired) electrons. The molecule has 0 spiro atoms. The van der Waals surface area contributed by atoms with Crippen molar-refractivity contribution in [2.45, 2.75) is 39.8 Å². The second-order valence-electron chi connectivity index (χ2n) is 6.95. The van der Waals surface area contributed by atoms with Gasteiger partial charge in [-0.2, -0.15) is 0 Å². The molecule has 0 saturated heterocycles. The minimum absolute atomic E-state index is 0.357. The van der Waals surface area contributed by atoms with Gasteiger partial charge in [0.25, 0.3) is 0 Å². The minimum atomic E-state index is 0.357. The van der Waals surface area contributed by atoms with Gasteiger partial charge < -0.3 is 15.1 Å². The molecule has 1 N–H and O–H groups in total. The standard InChI is InChI=1S/C20H31N5/c1-16(2)25(15-18-10-7-6-8-11-18)20-14-19(22-17(3)23-20)21-12-9-13-24(4)5/h6-8,10-11,14,16H,9,12-13,15H2,1-5H3,(H,21,22,23). The van der Waals surface area contributed by atoms with E-state index in [1.54, 1.807) is 0 Å². The smallest absolute Gasteiger partial charge is 0.134 e. The van der Waals surface area contributed by atoms with Crippen molar-refractivity contribution in [1.82, 2.24) is 14.9 Å². The van der Waals surface area contributed by atoms with Gasteiger partial charge in [-0.05, 0) is 53.4 Å². The van der Waals surface area contributed by atoms with E-state index in [2.05, 4.69) is 83.4 Å². The highest BCUT2D eigenvalue weighted by atomic mass is 15.2. The second-order valence-corrected chi connectivity index (χ2v) is 6.95. The lowest BCUT2D eigenvalue weighted by Crippen LogP contribution is -2.31. The van der Waals surface area contributed by atoms with Crippen LogP contribution in [0.25, 0.3) is 0 Å². The topological polar surface area (TPSA) is 44.3 Å². The van der Waals surface area contributed by atoms with Gasteiger partial charge in [0, 0.05) is 25.2 Å². The van der Waals surface area contributed by atoms with Crippen LogP contribution in [0.1, 0.15) is 31.7 Å². The Labute approximate surface area is 152 Å². The third-order valence-electron chi connectivity index (χ3n) is 4.03. The molecule has 0 aliphatic rings. The first-order valence-electron chi connectivity index (χ1n) is 9.00. The Balaban J connectivity index is 2.11. The molecule has 0 bridgehead atoms. The average Bonchev–Trinajstić information content (AvgIpc) is 2.56. The molecule has 2 aromatic rings. The molecule has 1 heterocycles. The Bertz CT molecular complexity index is 640. The Hall–Kier alpha value is -2.14. The summed E-state index contributed by atoms with van der Waals surface area (Å²) in [7, 11) is 4.19. The van der Waals surface area contributed by atoms with Crippen molar-refractivity contribution in [3.8, 4) is 0 Å². The number of hydrogen-bond donors (Lipinski definition) is 1. The Kier molecular flexibility index (Phi) is 7.19. The minimum Gasteiger partial charge on any atom is -0.370 e. The third kappa shape index (κ3) is 6.35. The molecule has 0 aliphatic carbocycles. The molecule has 0 fully saturated rings. The monoisotopic (exact) mass is 341 g/mol. The van der Waals surface area contributed by atoms with Crippen molar-refractivity contribution < 1.29 is 0 Å². The van der Waals surface area contributed by atoms with Gasteiger partial charge in [0.1, 0.15) is 17.5 Å². The number of hydrogen-bond acceptors (Lipinski definition) is 5. The number of anilines is 2. The summed E-state index contributed by atoms with van der Waals surface area (Å²) in [6, 6.07) is 12.9. The summed E-state index contributed by atoms with van der Waals surface area (Å²) in [5.74, 6) is 2.67. The number of nitrogens with one attached hydrogen (secondary N) is 1. The van der Waals surface area contributed by atoms with E-state index in [1.165, 1.54) is 5.56 Å². The van der Waals surface area contributed by atoms with Crippen molar-refractivity contribution in [1.29, 1.82) is 0 Å². The van der Waals surface area contributed by atoms with Gasteiger partial charge in [-0.25, -0.2) is 9.97 Å². The molecule has 136 valence electrons. The fraction of sp³-hybridized carbons (Fsp3) is 0.500. The SMILES string of the molecule is Cc1nc(NCCCN(C)C)cc(N(Cc2ccccc2)C(C)C)n1. The first kappa shape index (κ1) is 19.2. The van der Waals surface area contributed by atoms with Crippen molar-refractivity contribution in [2.75, 3.05) is 37.4 Å². The van der Waals surface area contributed by atoms with Crippen LogP contribution >= 0.6 is 0 Å². The van der Waals surface area contributed by atoms with Crippen LogP contribution in [0.4, 0.5) is 11.6 Å². The fourth-order valence-electron chi connectivity index (χ4n) is 2.71. The maximum absolute atomic E-state index is 4.67. The maximum atomic E-state index is 4.67. The second kappa shape index (κ2) is 9.37. The van der Waals surface area contributed by atoms with Crippen LogP contribution in [0, 0.1) is 6.92 Å². The summed E-state index contributed by atoms with van der Waals surface area (Å²) in [6.07, 6.45) is 1.09. The first-order valence-corrected chi connectivity index (χ1v) is 9.00. The van der Waals surface area contributed by atoms with Gasteiger partial charge in [0.15, 0.2) is 0 Å². The number of benzene rings is 1. The zero-order valence-electron chi connectivity index (χ0n) is 16.2. The number of nitrogens with zero attached hydrogens (tertiary/aromatic N) is 4. The number of aromatic nitrogens is 2. The van der Waals surface area contributed by atoms with Crippen molar-refractivity contribution in [2.24, 2.45) is 0 Å². The fourth-order valence-corrected chi connectivity index (χ4v) is 2.71. The average molecular weight is 342 g/mol. The van der Waals surface area contributed by atoms with E-state index < -0.39 is 0 Å². The van der Waals surface area contributed by atoms with Gasteiger partial charge in [0.2, 0.25) is 0 Å². The quantitative estimate of drug-likeness (QED) is 0.707. The highest BCUT2D eigenvalue weighted by Crippen LogP contribution is 2.21. The van der Waals surface area contributed by atoms with Crippen LogP contribution in [0.5, 0.6) is 0 Å². The first-order chi connectivity index (χ1) is 12.0. The van der Waals surface area contributed by atoms with Gasteiger partial charge in [-0.3, -0.25) is 0 Å². The summed E-state index contributed by atoms with van der Waals surface area (Å²) >= 11 is 0. The van der Waals surface area contributed by atoms with Crippen LogP contribution in [-0.2, 0) is 6.54 Å². The zero-order chi connectivity index (χ0) is 18.2. The molecule has 5 nitrogen and oxygen atoms in total. The van der Waals surface area contributed by atoms with E-state index in [-0.39, 0.29) is 0 Å². The lowest BCUT2D eigenvalue weighted by Gasteiger charge is -2.28. The van der Waals surface area contributed by atoms with E-state index in [4.69, 9.17) is 0 Å². The van der Waals surface area contributed by atoms with Crippen molar-refractivity contribution in [3.63, 3.8) is 0 Å². The predicted molar refractivity (Wildman–Crippen MR) is 106 cm³/mol. The Morgan fingerprint density at radius 1 is 1.08 bits per heavy atom. The van der Waals surface area contributed by atoms with E-state index in [0.29, 0.717) is 6.04 Å². The third-order valence-corrected chi connectivity index (χ3v) is 4.03. The van der Waals surface area contributed by atoms with E-state index >= 15 is 0 Å². The largest absolute Gasteiger partial charge is 0.370 e. The summed E-state index contributed by atoms with van der Waals surface area (Å²) < 4.78 is 0. The molecule has 0 saturated carbocycles. The van der Waals surface area contributed by atoms with E-state index in [0.717, 1.165) is 43.5 Å². The Morgan fingerprint density at radius 3 is 2.44 bits per heavy atom. The van der Waals surface area contributed by atoms with Gasteiger partial charge >= 0.3 is 0 Å². The summed E-state index contributed by atoms with van der Waals surface area (Å²) in [6.45, 7) is 9.17. The van der Waals surface area contributed by atoms with E-state index in [9.17, 15) is 0 Å². The van der Waals surface area contributed by atoms with Crippen LogP contribution in [-0.4, -0.2) is 48.1 Å². The molecule has 1 aromatic carbocycles. The highest BCUT2D eigenvalue weighted by Gasteiger charge is 2.14. The van der Waals surface area contributed by atoms with Crippen LogP contribution in [0.3, 0.4) is 0 Å². The summed E-state index contributed by atoms with van der Waals surface area (Å²) in [5, 5.41) is 3.43. The zero-order valence-corrected chi connectivity index (χ0v) is 16.2. The number of rotatable bonds is 9. The lowest BCUT2D eigenvalue weighted by molar-refractivity contribution is 0.405. The molecule has 0 atom stereocenters. The normalized spacial score (nSPS) is 11.2. The molecule has 25 heavy (non-hydrogen) atoms. The van der Waals surface area contributed by atoms with Crippen molar-refractivity contribution >= 4 is 11.6 Å². The van der Waals surface area contributed by atoms with Crippen LogP contribution in [0.2, 0.25) is 0 Å². The molecule has 1 aromatic heterocycles. The summed E-state index contributed by atoms with van der Waals surface area (Å²) in [4.78, 5) is 13.7. The lowest BCUT2D eigenvalue weighted by atomic mass is 10.2. The molecular formula is C20H31N5. The van der Waals surface area contributed by atoms with Gasteiger partial charge in [-0.1, -0.05) is 30.3 Å². The maximum Gasteiger partial charge on any atom is 0.134 e. The van der Waals surface area contributed by atoms with E-state index in [1.807, 2.05) is 13.0 Å². The molecule has 2 rings (SSSR count). The van der Waals surface area contributed by atoms with Gasteiger partial charge in [0.05, 0.1) is 0 Å². The van der Waals surface area contributed by atoms with Crippen LogP contribution < -0.4 is 10.2 Å². The number of aryl methyl sites for hydroxylation is 1. The molecule has 5 heteroatoms. The van der Waals surface area contributed by atoms with Crippen LogP contribution in [0.15, 0.2) is 36.4 Å². The molecule has 0 amide bonds. The van der Waals surface area contributed by atoms with Gasteiger partial charge in [-0.15, -0.1) is 0 Å². The molecule has 0 unspecified atom stereocenters. The van der Waals surface area contributed by atoms with Crippen molar-refractivity contribution in [3.05, 3.63) is 47.8 Å². The predicted octanol–water partition coefficient (Wildman–Crippen LogP) is 3.56. The summed E-state index contributed by atoms with van der Waals surface area (Å²) in [5.41, 5.74) is 1.29. The Morgan fingerprint density at radius 2 is 1.80 bits per heavy atom. The highest BCUT2D eigenvalue weighted by molar-refractivity contribution is 5.50.